The van der Waals surface area contributed by atoms with Crippen molar-refractivity contribution in [3.63, 3.8) is 0 Å². The van der Waals surface area contributed by atoms with Gasteiger partial charge >= 0.3 is 0 Å². The van der Waals surface area contributed by atoms with Gasteiger partial charge in [-0.25, -0.2) is 0 Å². The molecule has 0 atom stereocenters. The Morgan fingerprint density at radius 1 is 1.33 bits per heavy atom. The highest BCUT2D eigenvalue weighted by atomic mass is 79.9. The van der Waals surface area contributed by atoms with Crippen LogP contribution in [0.15, 0.2) is 16.6 Å². The first kappa shape index (κ1) is 10.7. The van der Waals surface area contributed by atoms with Gasteiger partial charge in [0.25, 0.3) is 0 Å². The molecule has 1 aromatic carbocycles. The average molecular weight is 268 g/mol. The van der Waals surface area contributed by atoms with Crippen molar-refractivity contribution < 1.29 is 4.79 Å². The molecule has 0 spiro atoms. The van der Waals surface area contributed by atoms with E-state index < -0.39 is 0 Å². The van der Waals surface area contributed by atoms with E-state index in [2.05, 4.69) is 48.1 Å². The Labute approximate surface area is 98.2 Å². The van der Waals surface area contributed by atoms with Crippen LogP contribution in [0.5, 0.6) is 0 Å². The first-order valence-electron chi connectivity index (χ1n) is 5.00. The molecule has 1 aliphatic rings. The van der Waals surface area contributed by atoms with Gasteiger partial charge in [-0.2, -0.15) is 0 Å². The number of benzene rings is 1. The molecule has 0 fully saturated rings. The molecule has 1 aromatic rings. The number of anilines is 1. The highest BCUT2D eigenvalue weighted by Gasteiger charge is 2.26. The Morgan fingerprint density at radius 3 is 2.60 bits per heavy atom. The molecule has 0 bridgehead atoms. The number of nitrogens with one attached hydrogen (secondary N) is 1. The van der Waals surface area contributed by atoms with E-state index in [1.54, 1.807) is 0 Å². The van der Waals surface area contributed by atoms with Crippen molar-refractivity contribution in [1.29, 1.82) is 0 Å². The highest BCUT2D eigenvalue weighted by molar-refractivity contribution is 9.10. The summed E-state index contributed by atoms with van der Waals surface area (Å²) in [6, 6.07) is 4.10. The number of fused-ring (bicyclic) bond motifs is 1. The molecule has 0 aromatic heterocycles. The van der Waals surface area contributed by atoms with E-state index >= 15 is 0 Å². The molecule has 3 heteroatoms. The number of carbonyl (C=O) groups is 1. The Hall–Kier alpha value is -0.830. The lowest BCUT2D eigenvalue weighted by atomic mass is 9.85. The first-order valence-corrected chi connectivity index (χ1v) is 5.80. The van der Waals surface area contributed by atoms with Crippen molar-refractivity contribution in [2.24, 2.45) is 0 Å². The summed E-state index contributed by atoms with van der Waals surface area (Å²) >= 11 is 3.49. The molecule has 0 saturated heterocycles. The maximum absolute atomic E-state index is 11.4. The van der Waals surface area contributed by atoms with Crippen LogP contribution in [0.25, 0.3) is 0 Å². The second-order valence-corrected chi connectivity index (χ2v) is 5.88. The molecule has 15 heavy (non-hydrogen) atoms. The number of hydrogen-bond acceptors (Lipinski definition) is 1. The maximum atomic E-state index is 11.4. The summed E-state index contributed by atoms with van der Waals surface area (Å²) in [5.74, 6) is 0.0913. The minimum Gasteiger partial charge on any atom is -0.325 e. The fourth-order valence-corrected chi connectivity index (χ4v) is 2.40. The molecule has 1 aliphatic heterocycles. The van der Waals surface area contributed by atoms with Gasteiger partial charge in [-0.1, -0.05) is 36.7 Å². The van der Waals surface area contributed by atoms with Crippen molar-refractivity contribution in [2.45, 2.75) is 32.6 Å². The smallest absolute Gasteiger partial charge is 0.228 e. The van der Waals surface area contributed by atoms with Crippen LogP contribution < -0.4 is 5.32 Å². The Bertz CT molecular complexity index is 432. The molecular formula is C12H14BrNO. The van der Waals surface area contributed by atoms with Gasteiger partial charge in [0.1, 0.15) is 0 Å². The summed E-state index contributed by atoms with van der Waals surface area (Å²) in [5.41, 5.74) is 3.35. The normalized spacial score (nSPS) is 15.1. The van der Waals surface area contributed by atoms with Crippen LogP contribution in [0, 0.1) is 0 Å². The van der Waals surface area contributed by atoms with Gasteiger partial charge in [-0.3, -0.25) is 4.79 Å². The van der Waals surface area contributed by atoms with Crippen LogP contribution in [0.4, 0.5) is 5.69 Å². The molecule has 80 valence electrons. The zero-order chi connectivity index (χ0) is 11.2. The highest BCUT2D eigenvalue weighted by Crippen LogP contribution is 2.37. The van der Waals surface area contributed by atoms with E-state index in [0.717, 1.165) is 15.7 Å². The molecule has 1 heterocycles. The van der Waals surface area contributed by atoms with Gasteiger partial charge in [0, 0.05) is 10.2 Å². The molecular weight excluding hydrogens is 254 g/mol. The molecule has 0 unspecified atom stereocenters. The van der Waals surface area contributed by atoms with Gasteiger partial charge in [0.15, 0.2) is 0 Å². The molecule has 1 amide bonds. The lowest BCUT2D eigenvalue weighted by Gasteiger charge is -2.22. The van der Waals surface area contributed by atoms with Gasteiger partial charge < -0.3 is 5.32 Å². The number of amides is 1. The van der Waals surface area contributed by atoms with E-state index in [-0.39, 0.29) is 11.3 Å². The standard InChI is InChI=1S/C12H14BrNO/c1-12(2,3)9-6-8(13)4-7-5-10(15)14-11(7)9/h4,6H,5H2,1-3H3,(H,14,15). The number of hydrogen-bond donors (Lipinski definition) is 1. The summed E-state index contributed by atoms with van der Waals surface area (Å²) in [6.45, 7) is 6.46. The molecule has 0 saturated carbocycles. The van der Waals surface area contributed by atoms with Crippen molar-refractivity contribution in [3.05, 3.63) is 27.7 Å². The van der Waals surface area contributed by atoms with Crippen molar-refractivity contribution >= 4 is 27.5 Å². The topological polar surface area (TPSA) is 29.1 Å². The third kappa shape index (κ3) is 1.93. The quantitative estimate of drug-likeness (QED) is 0.769. The summed E-state index contributed by atoms with van der Waals surface area (Å²) in [7, 11) is 0. The van der Waals surface area contributed by atoms with Crippen LogP contribution >= 0.6 is 15.9 Å². The van der Waals surface area contributed by atoms with Crippen LogP contribution in [0.2, 0.25) is 0 Å². The third-order valence-corrected chi connectivity index (χ3v) is 3.07. The Kier molecular flexibility index (Phi) is 2.38. The van der Waals surface area contributed by atoms with Gasteiger partial charge in [0.2, 0.25) is 5.91 Å². The molecule has 2 nitrogen and oxygen atoms in total. The second-order valence-electron chi connectivity index (χ2n) is 4.96. The van der Waals surface area contributed by atoms with E-state index in [9.17, 15) is 4.79 Å². The summed E-state index contributed by atoms with van der Waals surface area (Å²) in [4.78, 5) is 11.4. The summed E-state index contributed by atoms with van der Waals surface area (Å²) < 4.78 is 1.04. The van der Waals surface area contributed by atoms with Crippen LogP contribution in [-0.2, 0) is 16.6 Å². The molecule has 0 aliphatic carbocycles. The largest absolute Gasteiger partial charge is 0.325 e. The van der Waals surface area contributed by atoms with E-state index in [1.807, 2.05) is 6.07 Å². The van der Waals surface area contributed by atoms with Crippen molar-refractivity contribution in [2.75, 3.05) is 5.32 Å². The molecule has 2 rings (SSSR count). The average Bonchev–Trinajstić information content (AvgIpc) is 2.41. The zero-order valence-corrected chi connectivity index (χ0v) is 10.7. The van der Waals surface area contributed by atoms with Crippen LogP contribution in [0.3, 0.4) is 0 Å². The predicted octanol–water partition coefficient (Wildman–Crippen LogP) is 3.24. The fraction of sp³-hybridized carbons (Fsp3) is 0.417. The fourth-order valence-electron chi connectivity index (χ4n) is 1.90. The van der Waals surface area contributed by atoms with Crippen LogP contribution in [0.1, 0.15) is 31.9 Å². The predicted molar refractivity (Wildman–Crippen MR) is 65.2 cm³/mol. The number of rotatable bonds is 0. The van der Waals surface area contributed by atoms with E-state index in [0.29, 0.717) is 6.42 Å². The Balaban J connectivity index is 2.62. The minimum atomic E-state index is 0.0471. The van der Waals surface area contributed by atoms with Crippen molar-refractivity contribution in [1.82, 2.24) is 0 Å². The Morgan fingerprint density at radius 2 is 2.00 bits per heavy atom. The van der Waals surface area contributed by atoms with Gasteiger partial charge in [-0.15, -0.1) is 0 Å². The molecule has 1 N–H and O–H groups in total. The second kappa shape index (κ2) is 3.34. The SMILES string of the molecule is CC(C)(C)c1cc(Br)cc2c1NC(=O)C2. The third-order valence-electron chi connectivity index (χ3n) is 2.61. The summed E-state index contributed by atoms with van der Waals surface area (Å²) in [6.07, 6.45) is 0.498. The lowest BCUT2D eigenvalue weighted by Crippen LogP contribution is -2.14. The van der Waals surface area contributed by atoms with Gasteiger partial charge in [0.05, 0.1) is 6.42 Å². The van der Waals surface area contributed by atoms with E-state index in [4.69, 9.17) is 0 Å². The van der Waals surface area contributed by atoms with Gasteiger partial charge in [-0.05, 0) is 28.7 Å². The van der Waals surface area contributed by atoms with E-state index in [1.165, 1.54) is 5.56 Å². The zero-order valence-electron chi connectivity index (χ0n) is 9.15. The minimum absolute atomic E-state index is 0.0471. The number of halogens is 1. The monoisotopic (exact) mass is 267 g/mol. The lowest BCUT2D eigenvalue weighted by molar-refractivity contribution is -0.115. The molecule has 0 radical (unpaired) electrons. The first-order chi connectivity index (χ1) is 6.88. The van der Waals surface area contributed by atoms with Crippen LogP contribution in [-0.4, -0.2) is 5.91 Å². The summed E-state index contributed by atoms with van der Waals surface area (Å²) in [5, 5.41) is 2.94. The van der Waals surface area contributed by atoms with Crippen molar-refractivity contribution in [3.8, 4) is 0 Å². The maximum Gasteiger partial charge on any atom is 0.228 e. The number of carbonyl (C=O) groups excluding carboxylic acids is 1.